The molecule has 0 radical (unpaired) electrons. The van der Waals surface area contributed by atoms with Crippen molar-refractivity contribution < 1.29 is 19.1 Å². The number of alkyl halides is 1. The summed E-state index contributed by atoms with van der Waals surface area (Å²) in [5.74, 6) is -0.618. The van der Waals surface area contributed by atoms with Gasteiger partial charge in [-0.25, -0.2) is 0 Å². The molecule has 3 aromatic rings. The summed E-state index contributed by atoms with van der Waals surface area (Å²) in [7, 11) is 3.92. The van der Waals surface area contributed by atoms with Crippen LogP contribution in [0.4, 0.5) is 11.4 Å². The number of nitrogens with one attached hydrogen (secondary N) is 1. The molecule has 1 aliphatic rings. The summed E-state index contributed by atoms with van der Waals surface area (Å²) >= 11 is 12.9. The van der Waals surface area contributed by atoms with E-state index in [1.165, 1.54) is 6.92 Å². The van der Waals surface area contributed by atoms with Crippen molar-refractivity contribution in [3.05, 3.63) is 88.4 Å². The third-order valence-electron chi connectivity index (χ3n) is 6.19. The summed E-state index contributed by atoms with van der Waals surface area (Å²) in [6.45, 7) is 1.35. The zero-order chi connectivity index (χ0) is 26.7. The van der Waals surface area contributed by atoms with Gasteiger partial charge < -0.3 is 15.0 Å². The molecule has 0 spiro atoms. The summed E-state index contributed by atoms with van der Waals surface area (Å²) in [5, 5.41) is 3.15. The van der Waals surface area contributed by atoms with Crippen LogP contribution in [0.25, 0.3) is 0 Å². The maximum absolute atomic E-state index is 13.7. The fraction of sp³-hybridized carbons (Fsp3) is 0.250. The van der Waals surface area contributed by atoms with E-state index in [4.69, 9.17) is 27.9 Å². The van der Waals surface area contributed by atoms with Gasteiger partial charge in [0.05, 0.1) is 16.3 Å². The van der Waals surface area contributed by atoms with Crippen molar-refractivity contribution in [1.82, 2.24) is 4.90 Å². The van der Waals surface area contributed by atoms with Crippen LogP contribution in [0.5, 0.6) is 5.75 Å². The van der Waals surface area contributed by atoms with Crippen molar-refractivity contribution in [3.63, 3.8) is 0 Å². The van der Waals surface area contributed by atoms with Gasteiger partial charge in [-0.15, -0.1) is 0 Å². The molecular formula is C28H27Cl2N3O4. The number of anilines is 2. The third-order valence-corrected chi connectivity index (χ3v) is 6.93. The number of fused-ring (bicyclic) bond motifs is 1. The maximum Gasteiger partial charge on any atom is 0.308 e. The Bertz CT molecular complexity index is 1330. The van der Waals surface area contributed by atoms with Gasteiger partial charge >= 0.3 is 5.97 Å². The Kier molecular flexibility index (Phi) is 8.17. The summed E-state index contributed by atoms with van der Waals surface area (Å²) in [4.78, 5) is 41.4. The molecule has 37 heavy (non-hydrogen) atoms. The maximum atomic E-state index is 13.7. The zero-order valence-corrected chi connectivity index (χ0v) is 22.2. The van der Waals surface area contributed by atoms with Crippen LogP contribution in [0, 0.1) is 0 Å². The number of amides is 2. The Morgan fingerprint density at radius 2 is 1.70 bits per heavy atom. The average molecular weight is 540 g/mol. The highest BCUT2D eigenvalue weighted by atomic mass is 35.5. The van der Waals surface area contributed by atoms with Gasteiger partial charge in [0.25, 0.3) is 11.8 Å². The molecule has 7 nitrogen and oxygen atoms in total. The molecule has 9 heteroatoms. The fourth-order valence-corrected chi connectivity index (χ4v) is 4.97. The molecule has 0 saturated heterocycles. The number of halogens is 2. The molecule has 1 aliphatic heterocycles. The standard InChI is InChI=1S/C28H27Cl2N3O4/c1-17(34)37-20-12-13-25-22(16-20)24(32(2)3)14-15-26(30)33(25)28(36)18-8-10-19(11-9-18)31-27(35)21-6-4-5-7-23(21)29/h4-13,16,24,26H,14-15H2,1-3H3,(H,31,35). The van der Waals surface area contributed by atoms with E-state index < -0.39 is 11.5 Å². The van der Waals surface area contributed by atoms with E-state index in [9.17, 15) is 14.4 Å². The van der Waals surface area contributed by atoms with Crippen LogP contribution in [-0.4, -0.2) is 42.3 Å². The summed E-state index contributed by atoms with van der Waals surface area (Å²) in [6.07, 6.45) is 1.29. The van der Waals surface area contributed by atoms with Crippen LogP contribution in [-0.2, 0) is 4.79 Å². The van der Waals surface area contributed by atoms with E-state index in [0.29, 0.717) is 46.1 Å². The van der Waals surface area contributed by atoms with E-state index in [-0.39, 0.29) is 17.9 Å². The van der Waals surface area contributed by atoms with Gasteiger partial charge in [0.1, 0.15) is 11.3 Å². The predicted octanol–water partition coefficient (Wildman–Crippen LogP) is 6.13. The Labute approximate surface area is 225 Å². The van der Waals surface area contributed by atoms with Gasteiger partial charge in [-0.1, -0.05) is 35.3 Å². The van der Waals surface area contributed by atoms with Gasteiger partial charge in [-0.05, 0) is 87.1 Å². The van der Waals surface area contributed by atoms with Crippen LogP contribution >= 0.6 is 23.2 Å². The highest BCUT2D eigenvalue weighted by Gasteiger charge is 2.34. The Hall–Kier alpha value is -3.39. The van der Waals surface area contributed by atoms with Crippen molar-refractivity contribution >= 4 is 52.4 Å². The first kappa shape index (κ1) is 26.7. The molecule has 2 amide bonds. The number of hydrogen-bond donors (Lipinski definition) is 1. The minimum absolute atomic E-state index is 0.0213. The van der Waals surface area contributed by atoms with Crippen molar-refractivity contribution in [1.29, 1.82) is 0 Å². The fourth-order valence-electron chi connectivity index (χ4n) is 4.43. The number of nitrogens with zero attached hydrogens (tertiary/aromatic N) is 2. The molecule has 0 aromatic heterocycles. The number of hydrogen-bond acceptors (Lipinski definition) is 5. The van der Waals surface area contributed by atoms with Crippen LogP contribution < -0.4 is 15.0 Å². The first-order chi connectivity index (χ1) is 17.7. The first-order valence-electron chi connectivity index (χ1n) is 11.8. The second-order valence-corrected chi connectivity index (χ2v) is 9.90. The summed E-state index contributed by atoms with van der Waals surface area (Å²) in [5.41, 5.74) is 2.24. The molecule has 1 N–H and O–H groups in total. The SMILES string of the molecule is CC(=O)Oc1ccc2c(c1)C(N(C)C)CCC(Cl)N2C(=O)c1ccc(NC(=O)c2ccccc2Cl)cc1. The van der Waals surface area contributed by atoms with E-state index in [0.717, 1.165) is 5.56 Å². The van der Waals surface area contributed by atoms with E-state index >= 15 is 0 Å². The zero-order valence-electron chi connectivity index (χ0n) is 20.7. The van der Waals surface area contributed by atoms with Crippen molar-refractivity contribution in [3.8, 4) is 5.75 Å². The Morgan fingerprint density at radius 3 is 2.35 bits per heavy atom. The van der Waals surface area contributed by atoms with Crippen molar-refractivity contribution in [2.75, 3.05) is 24.3 Å². The minimum Gasteiger partial charge on any atom is -0.427 e. The van der Waals surface area contributed by atoms with Gasteiger partial charge in [0, 0.05) is 24.2 Å². The quantitative estimate of drug-likeness (QED) is 0.183. The number of carbonyl (C=O) groups excluding carboxylic acids is 3. The van der Waals surface area contributed by atoms with Gasteiger partial charge in [-0.2, -0.15) is 0 Å². The van der Waals surface area contributed by atoms with E-state index in [1.54, 1.807) is 71.6 Å². The summed E-state index contributed by atoms with van der Waals surface area (Å²) in [6, 6.07) is 18.6. The largest absolute Gasteiger partial charge is 0.427 e. The first-order valence-corrected chi connectivity index (χ1v) is 12.6. The molecule has 2 atom stereocenters. The number of esters is 1. The molecular weight excluding hydrogens is 513 g/mol. The lowest BCUT2D eigenvalue weighted by Crippen LogP contribution is -2.37. The normalized spacial score (nSPS) is 17.1. The lowest BCUT2D eigenvalue weighted by atomic mass is 10.00. The van der Waals surface area contributed by atoms with Crippen LogP contribution in [0.15, 0.2) is 66.7 Å². The molecule has 4 rings (SSSR count). The number of benzene rings is 3. The van der Waals surface area contributed by atoms with Gasteiger partial charge in [-0.3, -0.25) is 19.3 Å². The monoisotopic (exact) mass is 539 g/mol. The topological polar surface area (TPSA) is 79.0 Å². The van der Waals surface area contributed by atoms with Crippen LogP contribution in [0.3, 0.4) is 0 Å². The number of rotatable bonds is 5. The number of ether oxygens (including phenoxy) is 1. The van der Waals surface area contributed by atoms with Crippen molar-refractivity contribution in [2.24, 2.45) is 0 Å². The smallest absolute Gasteiger partial charge is 0.308 e. The second kappa shape index (κ2) is 11.3. The number of carbonyl (C=O) groups is 3. The van der Waals surface area contributed by atoms with Gasteiger partial charge in [0.2, 0.25) is 0 Å². The predicted molar refractivity (Wildman–Crippen MR) is 146 cm³/mol. The second-order valence-electron chi connectivity index (χ2n) is 8.99. The molecule has 0 bridgehead atoms. The summed E-state index contributed by atoms with van der Waals surface area (Å²) < 4.78 is 5.30. The minimum atomic E-state index is -0.574. The Morgan fingerprint density at radius 1 is 1.00 bits per heavy atom. The van der Waals surface area contributed by atoms with Gasteiger partial charge in [0.15, 0.2) is 0 Å². The average Bonchev–Trinajstić information content (AvgIpc) is 2.99. The van der Waals surface area contributed by atoms with Crippen molar-refractivity contribution in [2.45, 2.75) is 31.3 Å². The van der Waals surface area contributed by atoms with E-state index in [1.807, 2.05) is 14.1 Å². The molecule has 0 aliphatic carbocycles. The third kappa shape index (κ3) is 5.96. The van der Waals surface area contributed by atoms with Crippen LogP contribution in [0.2, 0.25) is 5.02 Å². The highest BCUT2D eigenvalue weighted by molar-refractivity contribution is 6.34. The Balaban J connectivity index is 1.62. The molecule has 1 heterocycles. The highest BCUT2D eigenvalue weighted by Crippen LogP contribution is 2.41. The lowest BCUT2D eigenvalue weighted by Gasteiger charge is -2.29. The molecule has 0 fully saturated rings. The molecule has 192 valence electrons. The van der Waals surface area contributed by atoms with E-state index in [2.05, 4.69) is 10.2 Å². The van der Waals surface area contributed by atoms with Crippen LogP contribution in [0.1, 0.15) is 52.1 Å². The molecule has 0 saturated carbocycles. The molecule has 2 unspecified atom stereocenters. The lowest BCUT2D eigenvalue weighted by molar-refractivity contribution is -0.131. The molecule has 3 aromatic carbocycles.